The topological polar surface area (TPSA) is 67.0 Å². The van der Waals surface area contributed by atoms with Crippen LogP contribution in [0.2, 0.25) is 0 Å². The second-order valence-electron chi connectivity index (χ2n) is 0. The van der Waals surface area contributed by atoms with E-state index in [2.05, 4.69) is 0 Å². The number of nitrogens with two attached hydrogens (primary N) is 2. The van der Waals surface area contributed by atoms with E-state index in [1.165, 1.54) is 0 Å². The number of hydrogen-bond donors (Lipinski definition) is 0. The zero-order valence-electron chi connectivity index (χ0n) is 1.86. The fourth-order valence-corrected chi connectivity index (χ4v) is 0. The van der Waals surface area contributed by atoms with Crippen molar-refractivity contribution in [1.82, 2.24) is 0 Å². The molecule has 4 heteroatoms. The summed E-state index contributed by atoms with van der Waals surface area (Å²) in [7, 11) is 0. The van der Waals surface area contributed by atoms with Crippen LogP contribution < -0.4 is 0 Å². The number of rotatable bonds is 0. The van der Waals surface area contributed by atoms with Crippen molar-refractivity contribution < 1.29 is 22.4 Å². The third-order valence-corrected chi connectivity index (χ3v) is 0. The molecule has 0 bridgehead atoms. The Labute approximate surface area is 47.4 Å². The molecule has 0 aromatic carbocycles. The first-order valence-electron chi connectivity index (χ1n) is 0. The molecule has 0 aromatic heterocycles. The molecule has 4 N–H and O–H groups in total. The van der Waals surface area contributed by atoms with Crippen LogP contribution in [0.1, 0.15) is 0 Å². The van der Waals surface area contributed by atoms with Crippen molar-refractivity contribution in [2.75, 3.05) is 0 Å². The zero-order chi connectivity index (χ0) is 0. The van der Waals surface area contributed by atoms with Gasteiger partial charge in [-0.15, -0.1) is 12.4 Å². The minimum atomic E-state index is 0. The molecular formula is H5AgClN2-2. The minimum Gasteiger partial charge on any atom is -0.693 e. The Kier molecular flexibility index (Phi) is 814. The number of hydrogen-bond acceptors (Lipinski definition) is 0. The molecule has 0 unspecified atom stereocenters. The molecule has 0 atom stereocenters. The van der Waals surface area contributed by atoms with Crippen molar-refractivity contribution in [3.63, 3.8) is 0 Å². The zero-order valence-corrected chi connectivity index (χ0v) is 4.16. The van der Waals surface area contributed by atoms with Crippen LogP contribution in [-0.2, 0) is 22.4 Å². The van der Waals surface area contributed by atoms with E-state index in [0.717, 1.165) is 0 Å². The van der Waals surface area contributed by atoms with Crippen LogP contribution in [0, 0.1) is 0 Å². The average Bonchev–Trinajstić information content (AvgIpc) is 0. The fraction of sp³-hybridized carbons (Fsp3) is 0. The van der Waals surface area contributed by atoms with Gasteiger partial charge < -0.3 is 12.3 Å². The monoisotopic (exact) mass is 175 g/mol. The van der Waals surface area contributed by atoms with Crippen LogP contribution in [0.25, 0.3) is 12.3 Å². The molecule has 0 amide bonds. The summed E-state index contributed by atoms with van der Waals surface area (Å²) in [6.07, 6.45) is 0. The first-order chi connectivity index (χ1) is 0. The van der Waals surface area contributed by atoms with Gasteiger partial charge in [-0.05, 0) is 0 Å². The molecule has 0 aliphatic heterocycles. The van der Waals surface area contributed by atoms with E-state index < -0.39 is 0 Å². The Morgan fingerprint density at radius 3 is 0.750 bits per heavy atom. The van der Waals surface area contributed by atoms with Crippen molar-refractivity contribution in [2.24, 2.45) is 0 Å². The Morgan fingerprint density at radius 2 is 0.750 bits per heavy atom. The molecule has 4 heavy (non-hydrogen) atoms. The van der Waals surface area contributed by atoms with Crippen LogP contribution in [0.5, 0.6) is 0 Å². The molecule has 0 saturated carbocycles. The minimum absolute atomic E-state index is 0. The maximum absolute atomic E-state index is 0. The van der Waals surface area contributed by atoms with Gasteiger partial charge in [-0.25, -0.2) is 0 Å². The molecule has 0 aromatic rings. The van der Waals surface area contributed by atoms with Crippen LogP contribution >= 0.6 is 12.4 Å². The predicted octanol–water partition coefficient (Wildman–Crippen LogP) is 1.85. The van der Waals surface area contributed by atoms with Crippen LogP contribution in [0.3, 0.4) is 0 Å². The van der Waals surface area contributed by atoms with Crippen molar-refractivity contribution in [1.29, 1.82) is 0 Å². The van der Waals surface area contributed by atoms with E-state index in [1.54, 1.807) is 0 Å². The summed E-state index contributed by atoms with van der Waals surface area (Å²) in [5.74, 6) is 0. The molecule has 0 spiro atoms. The molecule has 0 heterocycles. The van der Waals surface area contributed by atoms with Gasteiger partial charge in [0, 0.05) is 22.4 Å². The summed E-state index contributed by atoms with van der Waals surface area (Å²) < 4.78 is 0. The molecule has 0 fully saturated rings. The molecule has 0 saturated heterocycles. The van der Waals surface area contributed by atoms with E-state index in [-0.39, 0.29) is 47.1 Å². The maximum atomic E-state index is 0. The van der Waals surface area contributed by atoms with E-state index in [0.29, 0.717) is 0 Å². The van der Waals surface area contributed by atoms with E-state index in [9.17, 15) is 0 Å². The van der Waals surface area contributed by atoms with Gasteiger partial charge in [0.25, 0.3) is 0 Å². The van der Waals surface area contributed by atoms with Crippen LogP contribution in [0.15, 0.2) is 0 Å². The molecular weight excluding hydrogens is 171 g/mol. The average molecular weight is 176 g/mol. The van der Waals surface area contributed by atoms with Crippen molar-refractivity contribution in [2.45, 2.75) is 0 Å². The van der Waals surface area contributed by atoms with Gasteiger partial charge in [0.15, 0.2) is 0 Å². The van der Waals surface area contributed by atoms with Gasteiger partial charge in [-0.3, -0.25) is 0 Å². The molecule has 0 aliphatic rings. The van der Waals surface area contributed by atoms with Gasteiger partial charge in [0.1, 0.15) is 0 Å². The van der Waals surface area contributed by atoms with Gasteiger partial charge in [0.2, 0.25) is 0 Å². The molecule has 0 aliphatic carbocycles. The second-order valence-corrected chi connectivity index (χ2v) is 0. The summed E-state index contributed by atoms with van der Waals surface area (Å²) in [5, 5.41) is 0. The molecule has 2 nitrogen and oxygen atoms in total. The van der Waals surface area contributed by atoms with Crippen LogP contribution in [-0.4, -0.2) is 0 Å². The molecule has 0 rings (SSSR count). The summed E-state index contributed by atoms with van der Waals surface area (Å²) in [5.41, 5.74) is 0. The SMILES string of the molecule is Cl.[Ag].[NH2-].[NH2-]. The second kappa shape index (κ2) is 38.1. The van der Waals surface area contributed by atoms with E-state index in [1.807, 2.05) is 0 Å². The third-order valence-electron chi connectivity index (χ3n) is 0. The Balaban J connectivity index is 0. The maximum Gasteiger partial charge on any atom is 0 e. The molecule has 1 radical (unpaired) electrons. The quantitative estimate of drug-likeness (QED) is 0.506. The Morgan fingerprint density at radius 1 is 0.750 bits per heavy atom. The summed E-state index contributed by atoms with van der Waals surface area (Å²) in [6, 6.07) is 0. The fourth-order valence-electron chi connectivity index (χ4n) is 0. The first kappa shape index (κ1) is 85.5. The van der Waals surface area contributed by atoms with Gasteiger partial charge >= 0.3 is 0 Å². The Hall–Kier alpha value is 0.950. The van der Waals surface area contributed by atoms with Gasteiger partial charge in [0.05, 0.1) is 0 Å². The molecule has 35 valence electrons. The van der Waals surface area contributed by atoms with E-state index >= 15 is 0 Å². The summed E-state index contributed by atoms with van der Waals surface area (Å²) in [4.78, 5) is 0. The number of halogens is 1. The van der Waals surface area contributed by atoms with Gasteiger partial charge in [-0.2, -0.15) is 0 Å². The normalized spacial score (nSPS) is 0. The largest absolute Gasteiger partial charge is 0.693 e. The Bertz CT molecular complexity index is 6.00. The summed E-state index contributed by atoms with van der Waals surface area (Å²) >= 11 is 0. The van der Waals surface area contributed by atoms with Crippen molar-refractivity contribution >= 4 is 12.4 Å². The van der Waals surface area contributed by atoms with Gasteiger partial charge in [-0.1, -0.05) is 0 Å². The standard InChI is InChI=1S/Ag.ClH.2H2N/h;1H;2*1H2/q;;2*-1. The van der Waals surface area contributed by atoms with Crippen molar-refractivity contribution in [3.05, 3.63) is 12.3 Å². The third kappa shape index (κ3) is 12.4. The predicted molar refractivity (Wildman–Crippen MR) is 17.8 cm³/mol. The van der Waals surface area contributed by atoms with E-state index in [4.69, 9.17) is 0 Å². The van der Waals surface area contributed by atoms with Crippen molar-refractivity contribution in [3.8, 4) is 0 Å². The first-order valence-corrected chi connectivity index (χ1v) is 0. The smallest absolute Gasteiger partial charge is 0 e. The summed E-state index contributed by atoms with van der Waals surface area (Å²) in [6.45, 7) is 0. The van der Waals surface area contributed by atoms with Crippen LogP contribution in [0.4, 0.5) is 0 Å².